The molecule has 0 aliphatic carbocycles. The Labute approximate surface area is 182 Å². The van der Waals surface area contributed by atoms with Gasteiger partial charge in [0.05, 0.1) is 17.9 Å². The maximum absolute atomic E-state index is 6.32. The first-order chi connectivity index (χ1) is 12.9. The van der Waals surface area contributed by atoms with Crippen LogP contribution in [-0.4, -0.2) is 28.8 Å². The van der Waals surface area contributed by atoms with Gasteiger partial charge in [0.1, 0.15) is 5.60 Å². The third kappa shape index (κ3) is 3.69. The molecule has 0 amide bonds. The first-order valence-electron chi connectivity index (χ1n) is 9.58. The van der Waals surface area contributed by atoms with E-state index < -0.39 is 0 Å². The fraction of sp³-hybridized carbons (Fsp3) is 0.435. The number of hydrogen-bond acceptors (Lipinski definition) is 3. The fourth-order valence-corrected chi connectivity index (χ4v) is 4.45. The van der Waals surface area contributed by atoms with Gasteiger partial charge in [-0.15, -0.1) is 12.4 Å². The molecule has 1 unspecified atom stereocenters. The van der Waals surface area contributed by atoms with E-state index in [0.29, 0.717) is 6.61 Å². The van der Waals surface area contributed by atoms with E-state index in [9.17, 15) is 0 Å². The van der Waals surface area contributed by atoms with Crippen molar-refractivity contribution in [2.24, 2.45) is 4.99 Å². The van der Waals surface area contributed by atoms with E-state index in [1.54, 1.807) is 0 Å². The summed E-state index contributed by atoms with van der Waals surface area (Å²) < 4.78 is 12.3. The summed E-state index contributed by atoms with van der Waals surface area (Å²) in [7, 11) is 0. The van der Waals surface area contributed by atoms with Crippen LogP contribution in [0.15, 0.2) is 41.4 Å². The number of nitrogens with zero attached hydrogens (tertiary/aromatic N) is 1. The highest BCUT2D eigenvalue weighted by molar-refractivity contribution is 9.09. The van der Waals surface area contributed by atoms with Gasteiger partial charge >= 0.3 is 0 Å². The average molecular weight is 465 g/mol. The molecule has 5 heteroatoms. The smallest absolute Gasteiger partial charge is 0.166 e. The van der Waals surface area contributed by atoms with E-state index in [2.05, 4.69) is 67.0 Å². The predicted molar refractivity (Wildman–Crippen MR) is 121 cm³/mol. The lowest BCUT2D eigenvalue weighted by atomic mass is 9.81. The Morgan fingerprint density at radius 3 is 2.50 bits per heavy atom. The fourth-order valence-electron chi connectivity index (χ4n) is 4.13. The Hall–Kier alpha value is -1.52. The molecule has 0 spiro atoms. The number of halogens is 2. The predicted octanol–water partition coefficient (Wildman–Crippen LogP) is 5.77. The van der Waals surface area contributed by atoms with E-state index in [-0.39, 0.29) is 23.5 Å². The average Bonchev–Trinajstić information content (AvgIpc) is 2.97. The van der Waals surface area contributed by atoms with E-state index in [0.717, 1.165) is 40.9 Å². The molecule has 3 nitrogen and oxygen atoms in total. The first-order valence-corrected chi connectivity index (χ1v) is 10.7. The Kier molecular flexibility index (Phi) is 5.84. The van der Waals surface area contributed by atoms with Crippen molar-refractivity contribution in [3.05, 3.63) is 58.7 Å². The topological polar surface area (TPSA) is 30.8 Å². The summed E-state index contributed by atoms with van der Waals surface area (Å²) in [6.45, 7) is 9.14. The molecule has 0 bridgehead atoms. The van der Waals surface area contributed by atoms with Crippen molar-refractivity contribution in [2.75, 3.05) is 11.9 Å². The number of ether oxygens (including phenoxy) is 2. The van der Waals surface area contributed by atoms with Crippen molar-refractivity contribution in [3.63, 3.8) is 0 Å². The van der Waals surface area contributed by atoms with Gasteiger partial charge in [-0.2, -0.15) is 0 Å². The lowest BCUT2D eigenvalue weighted by Crippen LogP contribution is -2.34. The van der Waals surface area contributed by atoms with E-state index in [1.165, 1.54) is 16.7 Å². The van der Waals surface area contributed by atoms with Crippen molar-refractivity contribution < 1.29 is 9.47 Å². The van der Waals surface area contributed by atoms with Crippen molar-refractivity contribution >= 4 is 34.0 Å². The maximum atomic E-state index is 6.32. The zero-order valence-electron chi connectivity index (χ0n) is 16.8. The summed E-state index contributed by atoms with van der Waals surface area (Å²) in [5.41, 5.74) is 5.59. The summed E-state index contributed by atoms with van der Waals surface area (Å²) in [5.74, 6) is 1.76. The summed E-state index contributed by atoms with van der Waals surface area (Å²) in [5, 5.41) is 0.818. The molecule has 0 N–H and O–H groups in total. The second-order valence-electron chi connectivity index (χ2n) is 8.32. The molecule has 28 heavy (non-hydrogen) atoms. The third-order valence-corrected chi connectivity index (χ3v) is 6.44. The van der Waals surface area contributed by atoms with E-state index in [4.69, 9.17) is 14.5 Å². The molecule has 0 saturated heterocycles. The van der Waals surface area contributed by atoms with Crippen LogP contribution in [0.4, 0.5) is 0 Å². The van der Waals surface area contributed by atoms with Gasteiger partial charge in [0, 0.05) is 28.4 Å². The van der Waals surface area contributed by atoms with Crippen molar-refractivity contribution in [2.45, 2.75) is 51.7 Å². The van der Waals surface area contributed by atoms with Crippen LogP contribution in [0.5, 0.6) is 11.5 Å². The van der Waals surface area contributed by atoms with Gasteiger partial charge in [0.2, 0.25) is 0 Å². The Morgan fingerprint density at radius 2 is 1.86 bits per heavy atom. The Morgan fingerprint density at radius 1 is 1.14 bits per heavy atom. The molecule has 0 radical (unpaired) electrons. The van der Waals surface area contributed by atoms with Crippen LogP contribution in [0.2, 0.25) is 0 Å². The zero-order valence-corrected chi connectivity index (χ0v) is 19.2. The lowest BCUT2D eigenvalue weighted by molar-refractivity contribution is 0.132. The molecular formula is C23H27BrClNO2. The molecule has 0 fully saturated rings. The number of benzene rings is 2. The molecule has 150 valence electrons. The molecule has 1 atom stereocenters. The standard InChI is InChI=1S/C23H26BrNO2.ClH/c1-5-26-18-11-16-12-23(4,14-24)25-20(15-9-7-6-8-10-15)19(16)17-13-22(2,3)27-21(17)18;/h6-11H,5,12-14H2,1-4H3;1H. The number of alkyl halides is 1. The maximum Gasteiger partial charge on any atom is 0.166 e. The molecule has 4 rings (SSSR count). The monoisotopic (exact) mass is 463 g/mol. The molecule has 2 aromatic carbocycles. The summed E-state index contributed by atoms with van der Waals surface area (Å²) in [6, 6.07) is 12.7. The highest BCUT2D eigenvalue weighted by atomic mass is 79.9. The summed E-state index contributed by atoms with van der Waals surface area (Å²) in [6.07, 6.45) is 1.75. The Balaban J connectivity index is 0.00000225. The van der Waals surface area contributed by atoms with E-state index >= 15 is 0 Å². The van der Waals surface area contributed by atoms with Gasteiger partial charge in [-0.1, -0.05) is 46.3 Å². The molecule has 0 saturated carbocycles. The molecule has 0 aromatic heterocycles. The van der Waals surface area contributed by atoms with Crippen molar-refractivity contribution in [3.8, 4) is 11.5 Å². The van der Waals surface area contributed by atoms with Crippen LogP contribution in [0.3, 0.4) is 0 Å². The minimum Gasteiger partial charge on any atom is -0.490 e. The normalized spacial score (nSPS) is 21.7. The molecular weight excluding hydrogens is 438 g/mol. The van der Waals surface area contributed by atoms with Gasteiger partial charge in [-0.05, 0) is 45.7 Å². The molecule has 2 aliphatic rings. The van der Waals surface area contributed by atoms with Gasteiger partial charge in [0.15, 0.2) is 11.5 Å². The van der Waals surface area contributed by atoms with Crippen LogP contribution < -0.4 is 9.47 Å². The van der Waals surface area contributed by atoms with Gasteiger partial charge in [-0.25, -0.2) is 0 Å². The SMILES string of the molecule is CCOc1cc2c(c3c1OC(C)(C)C3)C(c1ccccc1)=NC(C)(CBr)C2.Cl. The summed E-state index contributed by atoms with van der Waals surface area (Å²) in [4.78, 5) is 5.22. The van der Waals surface area contributed by atoms with Crippen LogP contribution in [0.25, 0.3) is 0 Å². The zero-order chi connectivity index (χ0) is 19.2. The van der Waals surface area contributed by atoms with Gasteiger partial charge in [-0.3, -0.25) is 4.99 Å². The number of fused-ring (bicyclic) bond motifs is 3. The minimum absolute atomic E-state index is 0. The largest absolute Gasteiger partial charge is 0.490 e. The number of rotatable bonds is 4. The van der Waals surface area contributed by atoms with Crippen LogP contribution in [0.1, 0.15) is 49.9 Å². The van der Waals surface area contributed by atoms with Crippen molar-refractivity contribution in [1.82, 2.24) is 0 Å². The second-order valence-corrected chi connectivity index (χ2v) is 8.88. The summed E-state index contributed by atoms with van der Waals surface area (Å²) >= 11 is 3.69. The Bertz CT molecular complexity index is 911. The highest BCUT2D eigenvalue weighted by Gasteiger charge is 2.40. The quantitative estimate of drug-likeness (QED) is 0.538. The van der Waals surface area contributed by atoms with E-state index in [1.807, 2.05) is 13.0 Å². The molecule has 2 heterocycles. The number of aliphatic imine (C=N–C) groups is 1. The number of hydrogen-bond donors (Lipinski definition) is 0. The van der Waals surface area contributed by atoms with Gasteiger partial charge < -0.3 is 9.47 Å². The van der Waals surface area contributed by atoms with Gasteiger partial charge in [0.25, 0.3) is 0 Å². The van der Waals surface area contributed by atoms with Crippen LogP contribution >= 0.6 is 28.3 Å². The van der Waals surface area contributed by atoms with Crippen LogP contribution in [0, 0.1) is 0 Å². The van der Waals surface area contributed by atoms with Crippen molar-refractivity contribution in [1.29, 1.82) is 0 Å². The molecule has 2 aromatic rings. The third-order valence-electron chi connectivity index (χ3n) is 5.23. The lowest BCUT2D eigenvalue weighted by Gasteiger charge is -2.32. The first kappa shape index (κ1) is 21.2. The molecule has 2 aliphatic heterocycles. The highest BCUT2D eigenvalue weighted by Crippen LogP contribution is 2.48. The second kappa shape index (κ2) is 7.72. The minimum atomic E-state index is -0.235. The van der Waals surface area contributed by atoms with Crippen LogP contribution in [-0.2, 0) is 12.8 Å².